The molecule has 0 aliphatic rings. The molecule has 46 valence electrons. The van der Waals surface area contributed by atoms with Gasteiger partial charge in [0.15, 0.2) is 0 Å². The van der Waals surface area contributed by atoms with E-state index in [0.717, 1.165) is 5.71 Å². The summed E-state index contributed by atoms with van der Waals surface area (Å²) in [6.07, 6.45) is 0. The normalized spacial score (nSPS) is 7.88. The SMILES string of the molecule is CNC(=O)N=C(C)C. The molecule has 0 heterocycles. The Morgan fingerprint density at radius 2 is 2.00 bits per heavy atom. The Labute approximate surface area is 48.8 Å². The quantitative estimate of drug-likeness (QED) is 0.465. The number of nitrogens with one attached hydrogen (secondary N) is 1. The van der Waals surface area contributed by atoms with Crippen molar-refractivity contribution in [3.63, 3.8) is 0 Å². The first-order chi connectivity index (χ1) is 3.66. The molecule has 0 spiro atoms. The van der Waals surface area contributed by atoms with E-state index in [1.54, 1.807) is 20.9 Å². The second-order valence-electron chi connectivity index (χ2n) is 1.61. The minimum atomic E-state index is -0.287. The van der Waals surface area contributed by atoms with Gasteiger partial charge in [-0.15, -0.1) is 0 Å². The van der Waals surface area contributed by atoms with Crippen LogP contribution >= 0.6 is 0 Å². The number of nitrogens with zero attached hydrogens (tertiary/aromatic N) is 1. The smallest absolute Gasteiger partial charge is 0.339 e. The summed E-state index contributed by atoms with van der Waals surface area (Å²) in [5.41, 5.74) is 0.768. The van der Waals surface area contributed by atoms with Crippen LogP contribution in [0.25, 0.3) is 0 Å². The van der Waals surface area contributed by atoms with Gasteiger partial charge in [-0.25, -0.2) is 9.79 Å². The predicted octanol–water partition coefficient (Wildman–Crippen LogP) is 0.807. The average molecular weight is 114 g/mol. The molecular formula is C5H10N2O. The molecule has 0 unspecified atom stereocenters. The monoisotopic (exact) mass is 114 g/mol. The molecule has 3 nitrogen and oxygen atoms in total. The molecule has 0 bridgehead atoms. The number of carbonyl (C=O) groups excluding carboxylic acids is 1. The maximum atomic E-state index is 10.3. The molecule has 0 radical (unpaired) electrons. The predicted molar refractivity (Wildman–Crippen MR) is 33.2 cm³/mol. The van der Waals surface area contributed by atoms with Crippen LogP contribution in [-0.2, 0) is 0 Å². The maximum absolute atomic E-state index is 10.3. The minimum absolute atomic E-state index is 0.287. The lowest BCUT2D eigenvalue weighted by Gasteiger charge is -1.88. The van der Waals surface area contributed by atoms with Crippen LogP contribution in [0.4, 0.5) is 4.79 Å². The third kappa shape index (κ3) is 3.33. The molecule has 1 N–H and O–H groups in total. The summed E-state index contributed by atoms with van der Waals surface area (Å²) < 4.78 is 0. The maximum Gasteiger partial charge on any atom is 0.340 e. The zero-order valence-electron chi connectivity index (χ0n) is 5.36. The van der Waals surface area contributed by atoms with Crippen molar-refractivity contribution in [1.82, 2.24) is 5.32 Å². The first kappa shape index (κ1) is 7.14. The largest absolute Gasteiger partial charge is 0.340 e. The van der Waals surface area contributed by atoms with Gasteiger partial charge in [-0.3, -0.25) is 0 Å². The molecule has 0 saturated heterocycles. The number of hydrogen-bond donors (Lipinski definition) is 1. The second kappa shape index (κ2) is 3.18. The number of urea groups is 1. The van der Waals surface area contributed by atoms with Crippen LogP contribution in [0.1, 0.15) is 13.8 Å². The molecule has 0 aromatic heterocycles. The summed E-state index contributed by atoms with van der Waals surface area (Å²) in [6.45, 7) is 3.55. The lowest BCUT2D eigenvalue weighted by atomic mass is 10.5. The van der Waals surface area contributed by atoms with E-state index < -0.39 is 0 Å². The van der Waals surface area contributed by atoms with Gasteiger partial charge in [0.1, 0.15) is 0 Å². The van der Waals surface area contributed by atoms with Gasteiger partial charge in [0.05, 0.1) is 0 Å². The Kier molecular flexibility index (Phi) is 2.84. The van der Waals surface area contributed by atoms with Crippen molar-refractivity contribution in [3.05, 3.63) is 0 Å². The first-order valence-electron chi connectivity index (χ1n) is 2.40. The van der Waals surface area contributed by atoms with E-state index in [4.69, 9.17) is 0 Å². The van der Waals surface area contributed by atoms with Crippen molar-refractivity contribution in [2.75, 3.05) is 7.05 Å². The van der Waals surface area contributed by atoms with Gasteiger partial charge in [0.25, 0.3) is 0 Å². The Balaban J connectivity index is 3.70. The molecule has 0 aromatic carbocycles. The van der Waals surface area contributed by atoms with Crippen LogP contribution in [0.5, 0.6) is 0 Å². The second-order valence-corrected chi connectivity index (χ2v) is 1.61. The zero-order chi connectivity index (χ0) is 6.57. The van der Waals surface area contributed by atoms with E-state index in [2.05, 4.69) is 10.3 Å². The highest BCUT2D eigenvalue weighted by atomic mass is 16.2. The average Bonchev–Trinajstić information content (AvgIpc) is 1.65. The van der Waals surface area contributed by atoms with Gasteiger partial charge in [0.2, 0.25) is 0 Å². The van der Waals surface area contributed by atoms with E-state index in [9.17, 15) is 4.79 Å². The van der Waals surface area contributed by atoms with Gasteiger partial charge in [-0.2, -0.15) is 0 Å². The van der Waals surface area contributed by atoms with E-state index >= 15 is 0 Å². The molecular weight excluding hydrogens is 104 g/mol. The highest BCUT2D eigenvalue weighted by molar-refractivity contribution is 5.91. The third-order valence-corrected chi connectivity index (χ3v) is 0.539. The van der Waals surface area contributed by atoms with Crippen molar-refractivity contribution in [3.8, 4) is 0 Å². The number of carbonyl (C=O) groups is 1. The van der Waals surface area contributed by atoms with Gasteiger partial charge in [-0.05, 0) is 13.8 Å². The summed E-state index contributed by atoms with van der Waals surface area (Å²) in [6, 6.07) is -0.287. The lowest BCUT2D eigenvalue weighted by Crippen LogP contribution is -2.13. The molecule has 0 atom stereocenters. The van der Waals surface area contributed by atoms with Gasteiger partial charge in [0, 0.05) is 12.8 Å². The van der Waals surface area contributed by atoms with Gasteiger partial charge < -0.3 is 5.32 Å². The summed E-state index contributed by atoms with van der Waals surface area (Å²) in [5.74, 6) is 0. The molecule has 0 rings (SSSR count). The van der Waals surface area contributed by atoms with Crippen LogP contribution in [0.2, 0.25) is 0 Å². The fraction of sp³-hybridized carbons (Fsp3) is 0.600. The topological polar surface area (TPSA) is 41.5 Å². The van der Waals surface area contributed by atoms with Crippen molar-refractivity contribution in [2.45, 2.75) is 13.8 Å². The highest BCUT2D eigenvalue weighted by Crippen LogP contribution is 1.74. The van der Waals surface area contributed by atoms with E-state index in [1.165, 1.54) is 0 Å². The molecule has 3 heteroatoms. The highest BCUT2D eigenvalue weighted by Gasteiger charge is 1.87. The lowest BCUT2D eigenvalue weighted by molar-refractivity contribution is 0.251. The van der Waals surface area contributed by atoms with E-state index in [-0.39, 0.29) is 6.03 Å². The Morgan fingerprint density at radius 3 is 2.12 bits per heavy atom. The summed E-state index contributed by atoms with van der Waals surface area (Å²) >= 11 is 0. The van der Waals surface area contributed by atoms with Crippen LogP contribution in [-0.4, -0.2) is 18.8 Å². The summed E-state index contributed by atoms with van der Waals surface area (Å²) in [7, 11) is 1.55. The van der Waals surface area contributed by atoms with Crippen molar-refractivity contribution >= 4 is 11.7 Å². The molecule has 0 aromatic rings. The van der Waals surface area contributed by atoms with E-state index in [0.29, 0.717) is 0 Å². The molecule has 0 fully saturated rings. The van der Waals surface area contributed by atoms with Gasteiger partial charge in [-0.1, -0.05) is 0 Å². The fourth-order valence-corrected chi connectivity index (χ4v) is 0.259. The van der Waals surface area contributed by atoms with Crippen LogP contribution in [0.15, 0.2) is 4.99 Å². The minimum Gasteiger partial charge on any atom is -0.339 e. The van der Waals surface area contributed by atoms with Gasteiger partial charge >= 0.3 is 6.03 Å². The van der Waals surface area contributed by atoms with Crippen molar-refractivity contribution in [1.29, 1.82) is 0 Å². The zero-order valence-corrected chi connectivity index (χ0v) is 5.36. The molecule has 0 saturated carbocycles. The number of amides is 2. The van der Waals surface area contributed by atoms with Crippen molar-refractivity contribution < 1.29 is 4.79 Å². The fourth-order valence-electron chi connectivity index (χ4n) is 0.259. The molecule has 0 aliphatic heterocycles. The molecule has 8 heavy (non-hydrogen) atoms. The standard InChI is InChI=1S/C5H10N2O/c1-4(2)7-5(8)6-3/h1-3H3,(H,6,8). The Morgan fingerprint density at radius 1 is 1.50 bits per heavy atom. The summed E-state index contributed by atoms with van der Waals surface area (Å²) in [4.78, 5) is 13.9. The third-order valence-electron chi connectivity index (χ3n) is 0.539. The number of hydrogen-bond acceptors (Lipinski definition) is 1. The number of aliphatic imine (C=N–C) groups is 1. The molecule has 2 amide bonds. The van der Waals surface area contributed by atoms with Crippen LogP contribution in [0.3, 0.4) is 0 Å². The molecule has 0 aliphatic carbocycles. The van der Waals surface area contributed by atoms with Crippen molar-refractivity contribution in [2.24, 2.45) is 4.99 Å². The summed E-state index contributed by atoms with van der Waals surface area (Å²) in [5, 5.41) is 2.37. The first-order valence-corrected chi connectivity index (χ1v) is 2.40. The number of rotatable bonds is 0. The van der Waals surface area contributed by atoms with E-state index in [1.807, 2.05) is 0 Å². The van der Waals surface area contributed by atoms with Crippen LogP contribution < -0.4 is 5.32 Å². The Bertz CT molecular complexity index is 114. The Hall–Kier alpha value is -0.860. The van der Waals surface area contributed by atoms with Crippen LogP contribution in [0, 0.1) is 0 Å².